The topological polar surface area (TPSA) is 342 Å². The van der Waals surface area contributed by atoms with E-state index in [4.69, 9.17) is 48.5 Å². The molecule has 27 nitrogen and oxygen atoms in total. The first-order valence-electron chi connectivity index (χ1n) is 18.3. The summed E-state index contributed by atoms with van der Waals surface area (Å²) in [6.07, 6.45) is -6.26. The summed E-state index contributed by atoms with van der Waals surface area (Å²) in [5.41, 5.74) is 12.6. The Bertz CT molecular complexity index is 2530. The minimum Gasteiger partial charge on any atom is -0.432 e. The molecule has 4 aliphatic heterocycles. The molecule has 8 heterocycles. The Kier molecular flexibility index (Phi) is 12.3. The summed E-state index contributed by atoms with van der Waals surface area (Å²) in [5, 5.41) is 11.4. The first-order valence-corrected chi connectivity index (χ1v) is 23.7. The van der Waals surface area contributed by atoms with Gasteiger partial charge in [-0.25, -0.2) is 43.8 Å². The molecule has 3 fully saturated rings. The summed E-state index contributed by atoms with van der Waals surface area (Å²) in [6.45, 7) is -11.1. The fourth-order valence-electron chi connectivity index (χ4n) is 6.91. The maximum absolute atomic E-state index is 14.0. The first-order chi connectivity index (χ1) is 29.5. The van der Waals surface area contributed by atoms with E-state index in [0.29, 0.717) is 0 Å². The molecule has 0 spiro atoms. The number of imide groups is 1. The van der Waals surface area contributed by atoms with Crippen LogP contribution < -0.4 is 11.5 Å². The summed E-state index contributed by atoms with van der Waals surface area (Å²) < 4.78 is 77.0. The van der Waals surface area contributed by atoms with Crippen LogP contribution in [0.1, 0.15) is 18.9 Å². The molecule has 0 aromatic carbocycles. The number of aromatic nitrogens is 8. The number of hydrogen-bond acceptors (Lipinski definition) is 23. The van der Waals surface area contributed by atoms with Crippen LogP contribution in [0.2, 0.25) is 0 Å². The van der Waals surface area contributed by atoms with Gasteiger partial charge in [0.05, 0.1) is 32.4 Å². The lowest BCUT2D eigenvalue weighted by molar-refractivity contribution is -0.138. The van der Waals surface area contributed by atoms with Crippen molar-refractivity contribution in [3.63, 3.8) is 0 Å². The van der Waals surface area contributed by atoms with Crippen molar-refractivity contribution < 1.29 is 70.5 Å². The molecule has 2 bridgehead atoms. The second kappa shape index (κ2) is 17.4. The predicted molar refractivity (Wildman–Crippen MR) is 212 cm³/mol. The number of carbonyl (C=O) groups excluding carboxylic acids is 4. The Hall–Kier alpha value is -4.80. The summed E-state index contributed by atoms with van der Waals surface area (Å²) in [4.78, 5) is 76.6. The minimum atomic E-state index is -4.56. The van der Waals surface area contributed by atoms with E-state index in [1.165, 1.54) is 40.1 Å². The van der Waals surface area contributed by atoms with Gasteiger partial charge < -0.3 is 40.4 Å². The predicted octanol–water partition coefficient (Wildman–Crippen LogP) is 0.175. The van der Waals surface area contributed by atoms with E-state index in [1.54, 1.807) is 0 Å². The van der Waals surface area contributed by atoms with E-state index in [2.05, 4.69) is 54.4 Å². The molecule has 5 N–H and O–H groups in total. The number of carbonyl (C=O) groups is 4. The number of aliphatic hydroxyl groups is 1. The quantitative estimate of drug-likeness (QED) is 0.0646. The highest BCUT2D eigenvalue weighted by Crippen LogP contribution is 2.60. The third-order valence-electron chi connectivity index (χ3n) is 9.99. The van der Waals surface area contributed by atoms with Crippen molar-refractivity contribution in [2.75, 3.05) is 51.4 Å². The zero-order valence-corrected chi connectivity index (χ0v) is 35.5. The summed E-state index contributed by atoms with van der Waals surface area (Å²) >= 11 is 8.34. The second-order valence-electron chi connectivity index (χ2n) is 13.9. The average molecular weight is 943 g/mol. The van der Waals surface area contributed by atoms with Crippen molar-refractivity contribution in [1.82, 2.24) is 48.8 Å². The number of nitrogens with zero attached hydrogens (tertiary/aromatic N) is 10. The van der Waals surface area contributed by atoms with E-state index in [1.807, 2.05) is 0 Å². The monoisotopic (exact) mass is 942 g/mol. The Morgan fingerprint density at radius 1 is 0.855 bits per heavy atom. The van der Waals surface area contributed by atoms with Crippen LogP contribution in [0.25, 0.3) is 22.3 Å². The molecule has 10 atom stereocenters. The average Bonchev–Trinajstić information content (AvgIpc) is 4.04. The van der Waals surface area contributed by atoms with E-state index < -0.39 is 106 Å². The molecule has 62 heavy (non-hydrogen) atoms. The van der Waals surface area contributed by atoms with E-state index in [0.717, 1.165) is 23.4 Å². The number of nitrogen functional groups attached to an aromatic ring is 2. The van der Waals surface area contributed by atoms with Gasteiger partial charge in [-0.3, -0.25) is 46.5 Å². The van der Waals surface area contributed by atoms with Gasteiger partial charge in [0, 0.05) is 32.2 Å². The van der Waals surface area contributed by atoms with Crippen LogP contribution >= 0.6 is 38.1 Å². The first kappa shape index (κ1) is 43.8. The highest BCUT2D eigenvalue weighted by Gasteiger charge is 2.55. The molecule has 8 rings (SSSR count). The minimum absolute atomic E-state index is 0.00176. The van der Waals surface area contributed by atoms with Crippen LogP contribution in [-0.4, -0.2) is 154 Å². The summed E-state index contributed by atoms with van der Waals surface area (Å²) in [5.74, 6) is -1.49. The molecule has 0 radical (unpaired) electrons. The maximum Gasteiger partial charge on any atom is 0.508 e. The van der Waals surface area contributed by atoms with Gasteiger partial charge in [-0.1, -0.05) is 24.5 Å². The fourth-order valence-corrected chi connectivity index (χ4v) is 9.86. The Balaban J connectivity index is 1.02. The summed E-state index contributed by atoms with van der Waals surface area (Å²) in [7, 11) is 1.42. The Labute approximate surface area is 358 Å². The summed E-state index contributed by atoms with van der Waals surface area (Å²) in [6, 6.07) is 0. The molecule has 31 heteroatoms. The number of nitrogens with two attached hydrogens (primary N) is 2. The molecule has 332 valence electrons. The van der Waals surface area contributed by atoms with Crippen molar-refractivity contribution in [2.24, 2.45) is 0 Å². The number of amides is 3. The van der Waals surface area contributed by atoms with E-state index >= 15 is 0 Å². The van der Waals surface area contributed by atoms with Gasteiger partial charge in [0.1, 0.15) is 60.8 Å². The van der Waals surface area contributed by atoms with Gasteiger partial charge in [-0.15, -0.1) is 0 Å². The van der Waals surface area contributed by atoms with Crippen LogP contribution in [-0.2, 0) is 60.6 Å². The third-order valence-corrected chi connectivity index (χ3v) is 13.2. The molecule has 3 saturated heterocycles. The van der Waals surface area contributed by atoms with Crippen molar-refractivity contribution in [3.05, 3.63) is 37.5 Å². The molecule has 0 aliphatic carbocycles. The normalized spacial score (nSPS) is 31.5. The van der Waals surface area contributed by atoms with Crippen LogP contribution in [0.4, 0.5) is 16.4 Å². The van der Waals surface area contributed by atoms with Gasteiger partial charge >= 0.3 is 19.8 Å². The fraction of sp³-hybridized carbons (Fsp3) is 0.484. The van der Waals surface area contributed by atoms with E-state index in [-0.39, 0.29) is 53.5 Å². The van der Waals surface area contributed by atoms with Crippen LogP contribution in [0.15, 0.2) is 37.5 Å². The number of imidazole rings is 2. The van der Waals surface area contributed by atoms with Crippen LogP contribution in [0.3, 0.4) is 0 Å². The van der Waals surface area contributed by atoms with Crippen molar-refractivity contribution in [1.29, 1.82) is 0 Å². The lowest BCUT2D eigenvalue weighted by atomic mass is 10.1. The van der Waals surface area contributed by atoms with Crippen LogP contribution in [0, 0.1) is 0 Å². The highest BCUT2D eigenvalue weighted by atomic mass is 32.7. The van der Waals surface area contributed by atoms with E-state index in [9.17, 15) is 33.4 Å². The Morgan fingerprint density at radius 2 is 1.40 bits per heavy atom. The SMILES string of the molecule is CN(CCOC(=O)O[C@@H]1[C@@H]2O[P@](=O)(S)OC[C@H]3O[C@@H](n4cnc5c(N)ncnc54)[C@H](O[P@](=O)(S)OC[C@H]2O[C@H]1n1cnc2c(N)ncnc21)[C@@H]3O)C(=O)CCN1C(=O)C=CC1=O. The largest absolute Gasteiger partial charge is 0.508 e. The Morgan fingerprint density at radius 3 is 2.02 bits per heavy atom. The zero-order valence-electron chi connectivity index (χ0n) is 31.9. The van der Waals surface area contributed by atoms with Crippen molar-refractivity contribution in [2.45, 2.75) is 55.5 Å². The third kappa shape index (κ3) is 8.87. The number of thiol groups is 2. The lowest BCUT2D eigenvalue weighted by Gasteiger charge is -2.27. The number of rotatable bonds is 9. The zero-order chi connectivity index (χ0) is 44.1. The van der Waals surface area contributed by atoms with Gasteiger partial charge in [-0.2, -0.15) is 0 Å². The van der Waals surface area contributed by atoms with Crippen molar-refractivity contribution >= 4 is 95.9 Å². The molecule has 4 aliphatic rings. The van der Waals surface area contributed by atoms with Crippen molar-refractivity contribution in [3.8, 4) is 0 Å². The molecule has 0 saturated carbocycles. The number of aliphatic hydroxyl groups excluding tert-OH is 1. The van der Waals surface area contributed by atoms with Gasteiger partial charge in [0.25, 0.3) is 11.8 Å². The molecule has 3 amide bonds. The molecular weight excluding hydrogens is 906 g/mol. The molecule has 4 aromatic rings. The van der Waals surface area contributed by atoms with Gasteiger partial charge in [0.15, 0.2) is 41.5 Å². The van der Waals surface area contributed by atoms with Gasteiger partial charge in [-0.05, 0) is 0 Å². The van der Waals surface area contributed by atoms with Gasteiger partial charge in [0.2, 0.25) is 5.91 Å². The molecule has 4 aromatic heterocycles. The standard InChI is InChI=1S/C31H36N12O15P2S2/c1-40(16(44)4-5-41-17(45)2-3-18(41)46)6-7-51-31(48)56-24-22-15(55-30(24)43-13-39-20-26(33)35-11-37-28(20)43)9-53-60(50,62)58-23-21(47)14(8-52-59(49,61)57-22)54-29(23)42-12-38-19-25(32)34-10-36-27(19)42/h2-3,10-15,21-24,29-30,47H,4-9H2,1H3,(H,49,61)(H,50,62)(H2,32,34,36)(H2,33,35,37)/t14-,15-,21-,22-,23-,24-,29-,30-,59-,60-/m1/s1. The molecule has 0 unspecified atom stereocenters. The van der Waals surface area contributed by atoms with Crippen LogP contribution in [0.5, 0.6) is 0 Å². The number of likely N-dealkylation sites (N-methyl/N-ethyl adjacent to an activating group) is 1. The number of anilines is 2. The second-order valence-corrected chi connectivity index (χ2v) is 19.6. The number of hydrogen-bond donors (Lipinski definition) is 5. The smallest absolute Gasteiger partial charge is 0.432 e. The number of ether oxygens (including phenoxy) is 4. The lowest BCUT2D eigenvalue weighted by Crippen LogP contribution is -2.39. The maximum atomic E-state index is 14.0. The number of fused-ring (bicyclic) bond motifs is 5. The highest BCUT2D eigenvalue weighted by molar-refractivity contribution is 8.44. The molecular formula is C31H36N12O15P2S2.